The number of anilines is 5. The van der Waals surface area contributed by atoms with Crippen LogP contribution in [0.1, 0.15) is 39.3 Å². The lowest BCUT2D eigenvalue weighted by Gasteiger charge is -2.40. The first-order valence-corrected chi connectivity index (χ1v) is 22.0. The zero-order valence-electron chi connectivity index (χ0n) is 31.0. The molecule has 13 nitrogen and oxygen atoms in total. The van der Waals surface area contributed by atoms with Crippen LogP contribution in [-0.4, -0.2) is 92.4 Å². The molecule has 0 aliphatic carbocycles. The van der Waals surface area contributed by atoms with Crippen molar-refractivity contribution in [2.24, 2.45) is 7.05 Å². The number of benzene rings is 2. The van der Waals surface area contributed by atoms with Crippen molar-refractivity contribution in [2.45, 2.75) is 51.7 Å². The van der Waals surface area contributed by atoms with Gasteiger partial charge in [0.25, 0.3) is 0 Å². The van der Waals surface area contributed by atoms with E-state index in [9.17, 15) is 4.79 Å². The number of likely N-dealkylation sites (tertiary alicyclic amines) is 1. The first-order chi connectivity index (χ1) is 25.2. The SMILES string of the molecule is COc1cc2c(cc1Nc1ncc(Br)c(Nc3ccc4nccnc4c3P(C)(C)=S)n1)-c1cnn(C)c1CCN2C1CCN(C(=O)OC(C)(C)C)CC1. The van der Waals surface area contributed by atoms with E-state index >= 15 is 0 Å². The predicted molar refractivity (Wildman–Crippen MR) is 219 cm³/mol. The first-order valence-electron chi connectivity index (χ1n) is 17.5. The molecule has 7 rings (SSSR count). The molecule has 0 saturated carbocycles. The van der Waals surface area contributed by atoms with Crippen LogP contribution >= 0.6 is 22.0 Å². The van der Waals surface area contributed by atoms with Crippen molar-refractivity contribution in [1.29, 1.82) is 0 Å². The van der Waals surface area contributed by atoms with Gasteiger partial charge in [-0.1, -0.05) is 11.8 Å². The van der Waals surface area contributed by atoms with Crippen LogP contribution in [0, 0.1) is 0 Å². The number of rotatable bonds is 7. The quantitative estimate of drug-likeness (QED) is 0.161. The summed E-state index contributed by atoms with van der Waals surface area (Å²) in [4.78, 5) is 35.8. The Morgan fingerprint density at radius 1 is 1.00 bits per heavy atom. The van der Waals surface area contributed by atoms with Crippen molar-refractivity contribution in [3.05, 3.63) is 59.2 Å². The van der Waals surface area contributed by atoms with Gasteiger partial charge in [-0.05, 0) is 87.1 Å². The second-order valence-corrected chi connectivity index (χ2v) is 21.5. The van der Waals surface area contributed by atoms with E-state index in [1.54, 1.807) is 25.7 Å². The Balaban J connectivity index is 1.21. The number of hydrogen-bond acceptors (Lipinski definition) is 12. The molecule has 16 heteroatoms. The lowest BCUT2D eigenvalue weighted by molar-refractivity contribution is 0.0204. The normalized spacial score (nSPS) is 15.1. The summed E-state index contributed by atoms with van der Waals surface area (Å²) < 4.78 is 14.3. The number of carbonyl (C=O) groups excluding carboxylic acids is 1. The minimum atomic E-state index is -1.96. The Morgan fingerprint density at radius 2 is 1.75 bits per heavy atom. The molecule has 0 unspecified atom stereocenters. The molecule has 0 radical (unpaired) electrons. The highest BCUT2D eigenvalue weighted by Crippen LogP contribution is 2.45. The average molecular weight is 820 g/mol. The van der Waals surface area contributed by atoms with E-state index in [2.05, 4.69) is 77.0 Å². The molecule has 2 aliphatic rings. The third-order valence-corrected chi connectivity index (χ3v) is 12.2. The highest BCUT2D eigenvalue weighted by atomic mass is 79.9. The Morgan fingerprint density at radius 3 is 2.47 bits per heavy atom. The molecule has 2 aliphatic heterocycles. The average Bonchev–Trinajstić information content (AvgIpc) is 3.39. The van der Waals surface area contributed by atoms with E-state index in [1.807, 2.05) is 55.7 Å². The Hall–Kier alpha value is -4.33. The molecule has 5 heterocycles. The molecule has 0 spiro atoms. The van der Waals surface area contributed by atoms with Crippen LogP contribution in [0.4, 0.5) is 33.6 Å². The van der Waals surface area contributed by atoms with E-state index in [1.165, 1.54) is 0 Å². The number of nitrogens with one attached hydrogen (secondary N) is 2. The number of amides is 1. The van der Waals surface area contributed by atoms with Gasteiger partial charge in [0.15, 0.2) is 0 Å². The molecule has 2 aromatic carbocycles. The van der Waals surface area contributed by atoms with Gasteiger partial charge in [-0.3, -0.25) is 14.6 Å². The van der Waals surface area contributed by atoms with Gasteiger partial charge in [0.05, 0.1) is 40.2 Å². The Bertz CT molecular complexity index is 2250. The molecule has 5 aromatic rings. The van der Waals surface area contributed by atoms with Gasteiger partial charge >= 0.3 is 6.09 Å². The number of methoxy groups -OCH3 is 1. The number of ether oxygens (including phenoxy) is 2. The monoisotopic (exact) mass is 818 g/mol. The maximum atomic E-state index is 12.8. The van der Waals surface area contributed by atoms with Crippen molar-refractivity contribution in [3.63, 3.8) is 0 Å². The lowest BCUT2D eigenvalue weighted by Crippen LogP contribution is -2.48. The van der Waals surface area contributed by atoms with Gasteiger partial charge in [-0.15, -0.1) is 0 Å². The Kier molecular flexibility index (Phi) is 10.1. The van der Waals surface area contributed by atoms with E-state index in [4.69, 9.17) is 26.3 Å². The molecule has 1 fully saturated rings. The smallest absolute Gasteiger partial charge is 0.410 e. The summed E-state index contributed by atoms with van der Waals surface area (Å²) in [5.41, 5.74) is 6.95. The van der Waals surface area contributed by atoms with Crippen molar-refractivity contribution in [1.82, 2.24) is 34.6 Å². The van der Waals surface area contributed by atoms with E-state index in [0.29, 0.717) is 35.1 Å². The van der Waals surface area contributed by atoms with Gasteiger partial charge in [0, 0.05) is 91.6 Å². The van der Waals surface area contributed by atoms with Crippen LogP contribution < -0.4 is 25.6 Å². The second kappa shape index (κ2) is 14.5. The Labute approximate surface area is 323 Å². The highest BCUT2D eigenvalue weighted by Gasteiger charge is 2.33. The maximum absolute atomic E-state index is 12.8. The largest absolute Gasteiger partial charge is 0.494 e. The third kappa shape index (κ3) is 7.70. The highest BCUT2D eigenvalue weighted by molar-refractivity contribution is 9.10. The predicted octanol–water partition coefficient (Wildman–Crippen LogP) is 7.21. The van der Waals surface area contributed by atoms with Crippen molar-refractivity contribution >= 4 is 85.0 Å². The molecular weight excluding hydrogens is 775 g/mol. The minimum Gasteiger partial charge on any atom is -0.494 e. The van der Waals surface area contributed by atoms with Crippen LogP contribution in [0.3, 0.4) is 0 Å². The number of aryl methyl sites for hydroxylation is 1. The van der Waals surface area contributed by atoms with Crippen LogP contribution in [0.25, 0.3) is 22.2 Å². The maximum Gasteiger partial charge on any atom is 0.410 e. The van der Waals surface area contributed by atoms with Gasteiger partial charge < -0.3 is 29.9 Å². The van der Waals surface area contributed by atoms with Gasteiger partial charge in [-0.2, -0.15) is 10.1 Å². The topological polar surface area (TPSA) is 135 Å². The first kappa shape index (κ1) is 37.0. The fourth-order valence-corrected chi connectivity index (χ4v) is 9.35. The number of piperidine rings is 1. The molecule has 1 saturated heterocycles. The van der Waals surface area contributed by atoms with Gasteiger partial charge in [0.1, 0.15) is 17.2 Å². The summed E-state index contributed by atoms with van der Waals surface area (Å²) >= 11 is 9.67. The van der Waals surface area contributed by atoms with Crippen molar-refractivity contribution < 1.29 is 14.3 Å². The molecule has 0 atom stereocenters. The number of nitrogens with zero attached hydrogens (tertiary/aromatic N) is 8. The fourth-order valence-electron chi connectivity index (χ4n) is 7.12. The molecule has 278 valence electrons. The van der Waals surface area contributed by atoms with Crippen LogP contribution in [0.2, 0.25) is 0 Å². The fraction of sp³-hybridized carbons (Fsp3) is 0.405. The summed E-state index contributed by atoms with van der Waals surface area (Å²) in [5.74, 6) is 1.61. The number of carbonyl (C=O) groups is 1. The summed E-state index contributed by atoms with van der Waals surface area (Å²) in [6, 6.07) is 6.39. The second-order valence-electron chi connectivity index (χ2n) is 14.7. The zero-order chi connectivity index (χ0) is 37.7. The minimum absolute atomic E-state index is 0.232. The van der Waals surface area contributed by atoms with Crippen molar-refractivity contribution in [3.8, 4) is 16.9 Å². The van der Waals surface area contributed by atoms with E-state index < -0.39 is 11.6 Å². The van der Waals surface area contributed by atoms with Crippen LogP contribution in [0.5, 0.6) is 5.75 Å². The number of fused-ring (bicyclic) bond motifs is 4. The molecule has 0 bridgehead atoms. The van der Waals surface area contributed by atoms with Crippen molar-refractivity contribution in [2.75, 3.05) is 55.6 Å². The van der Waals surface area contributed by atoms with E-state index in [0.717, 1.165) is 76.0 Å². The number of halogens is 1. The molecule has 3 aromatic heterocycles. The van der Waals surface area contributed by atoms with Crippen LogP contribution in [-0.2, 0) is 30.0 Å². The molecular formula is C37H44BrN10O3PS. The lowest BCUT2D eigenvalue weighted by atomic mass is 9.99. The van der Waals surface area contributed by atoms with E-state index in [-0.39, 0.29) is 12.1 Å². The standard InChI is InChI=1S/C37H44BrN10O3PS/c1-37(2,3)51-36(49)47-15-10-22(11-16-47)48-17-12-29-24(20-42-46(29)4)23-18-28(31(50-5)19-30(23)48)44-35-41-21-25(38)34(45-35)43-27-9-8-26-32(40-14-13-39-26)33(27)52(6,7)53/h8-9,13-14,18-22H,10-12,15-17H2,1-7H3,(H2,41,43,44,45). The number of hydrogen-bond donors (Lipinski definition) is 2. The summed E-state index contributed by atoms with van der Waals surface area (Å²) in [6.07, 6.45) is 9.26. The van der Waals surface area contributed by atoms with Crippen LogP contribution in [0.15, 0.2) is 53.5 Å². The third-order valence-electron chi connectivity index (χ3n) is 9.52. The van der Waals surface area contributed by atoms with Gasteiger partial charge in [-0.25, -0.2) is 9.78 Å². The summed E-state index contributed by atoms with van der Waals surface area (Å²) in [6.45, 7) is 11.9. The molecule has 2 N–H and O–H groups in total. The summed E-state index contributed by atoms with van der Waals surface area (Å²) in [7, 11) is 3.66. The number of aromatic nitrogens is 6. The zero-order valence-corrected chi connectivity index (χ0v) is 34.3. The summed E-state index contributed by atoms with van der Waals surface area (Å²) in [5, 5.41) is 12.6. The molecule has 1 amide bonds. The van der Waals surface area contributed by atoms with Gasteiger partial charge in [0.2, 0.25) is 5.95 Å². The molecule has 53 heavy (non-hydrogen) atoms.